The van der Waals surface area contributed by atoms with E-state index < -0.39 is 6.03 Å². The zero-order valence-corrected chi connectivity index (χ0v) is 19.3. The lowest BCUT2D eigenvalue weighted by Crippen LogP contribution is -2.19. The minimum Gasteiger partial charge on any atom is -0.383 e. The van der Waals surface area contributed by atoms with Crippen LogP contribution in [-0.4, -0.2) is 26.3 Å². The standard InChI is InChI=1S/C23H20Cl2N6O2/c1-12(2)31-10-17(19-21(26)27-11-28-22(19)31)20(32)16-9-15(7-8-18(16)25)30-23(33)29-14-5-3-13(24)4-6-14/h3-12H,1-2H3,(H2,26,27,28)(H2,29,30,33). The molecule has 8 nitrogen and oxygen atoms in total. The van der Waals surface area contributed by atoms with Crippen molar-refractivity contribution in [1.29, 1.82) is 0 Å². The SMILES string of the molecule is CC(C)n1cc(C(=O)c2cc(NC(=O)Nc3ccc(Cl)cc3)ccc2Cl)c2c(N)ncnc21. The lowest BCUT2D eigenvalue weighted by atomic mass is 10.0. The fraction of sp³-hybridized carbons (Fsp3) is 0.130. The highest BCUT2D eigenvalue weighted by Crippen LogP contribution is 2.31. The van der Waals surface area contributed by atoms with E-state index in [0.29, 0.717) is 33.0 Å². The first-order chi connectivity index (χ1) is 15.7. The van der Waals surface area contributed by atoms with Gasteiger partial charge in [0, 0.05) is 34.2 Å². The van der Waals surface area contributed by atoms with Crippen molar-refractivity contribution in [2.45, 2.75) is 19.9 Å². The van der Waals surface area contributed by atoms with Gasteiger partial charge in [0.15, 0.2) is 5.78 Å². The molecule has 168 valence electrons. The summed E-state index contributed by atoms with van der Waals surface area (Å²) in [6, 6.07) is 10.9. The monoisotopic (exact) mass is 482 g/mol. The Morgan fingerprint density at radius 3 is 2.33 bits per heavy atom. The molecule has 4 rings (SSSR count). The molecule has 0 atom stereocenters. The molecule has 10 heteroatoms. The van der Waals surface area contributed by atoms with Gasteiger partial charge in [0.2, 0.25) is 0 Å². The Labute approximate surface area is 199 Å². The van der Waals surface area contributed by atoms with Crippen LogP contribution in [0.3, 0.4) is 0 Å². The number of amides is 2. The van der Waals surface area contributed by atoms with E-state index in [1.54, 1.807) is 42.6 Å². The molecular weight excluding hydrogens is 463 g/mol. The molecule has 2 aromatic heterocycles. The van der Waals surface area contributed by atoms with Crippen LogP contribution in [0.4, 0.5) is 22.0 Å². The third-order valence-electron chi connectivity index (χ3n) is 5.01. The van der Waals surface area contributed by atoms with Crippen molar-refractivity contribution in [2.24, 2.45) is 0 Å². The largest absolute Gasteiger partial charge is 0.383 e. The topological polar surface area (TPSA) is 115 Å². The van der Waals surface area contributed by atoms with E-state index >= 15 is 0 Å². The quantitative estimate of drug-likeness (QED) is 0.312. The fourth-order valence-electron chi connectivity index (χ4n) is 3.42. The Morgan fingerprint density at radius 2 is 1.64 bits per heavy atom. The molecule has 0 saturated heterocycles. The van der Waals surface area contributed by atoms with Crippen molar-refractivity contribution >= 4 is 63.2 Å². The number of ketones is 1. The highest BCUT2D eigenvalue weighted by Gasteiger charge is 2.23. The number of nitrogen functional groups attached to an aromatic ring is 1. The maximum atomic E-state index is 13.5. The normalized spacial score (nSPS) is 11.1. The number of nitrogens with two attached hydrogens (primary N) is 1. The van der Waals surface area contributed by atoms with Crippen molar-refractivity contribution in [3.05, 3.63) is 76.2 Å². The first-order valence-corrected chi connectivity index (χ1v) is 10.8. The number of benzene rings is 2. The number of halogens is 2. The molecule has 2 aromatic carbocycles. The number of urea groups is 1. The summed E-state index contributed by atoms with van der Waals surface area (Å²) >= 11 is 12.2. The average molecular weight is 483 g/mol. The molecule has 0 radical (unpaired) electrons. The Morgan fingerprint density at radius 1 is 0.970 bits per heavy atom. The molecule has 4 aromatic rings. The summed E-state index contributed by atoms with van der Waals surface area (Å²) in [5.41, 5.74) is 8.16. The van der Waals surface area contributed by atoms with Gasteiger partial charge in [-0.15, -0.1) is 0 Å². The van der Waals surface area contributed by atoms with Crippen LogP contribution in [0.1, 0.15) is 35.8 Å². The highest BCUT2D eigenvalue weighted by molar-refractivity contribution is 6.36. The van der Waals surface area contributed by atoms with Crippen molar-refractivity contribution in [3.8, 4) is 0 Å². The lowest BCUT2D eigenvalue weighted by molar-refractivity contribution is 0.104. The first-order valence-electron chi connectivity index (χ1n) is 10.0. The first kappa shape index (κ1) is 22.6. The van der Waals surface area contributed by atoms with Crippen LogP contribution >= 0.6 is 23.2 Å². The number of aromatic nitrogens is 3. The molecule has 0 spiro atoms. The van der Waals surface area contributed by atoms with Crippen molar-refractivity contribution in [2.75, 3.05) is 16.4 Å². The van der Waals surface area contributed by atoms with Crippen LogP contribution in [0.25, 0.3) is 11.0 Å². The second-order valence-electron chi connectivity index (χ2n) is 7.61. The fourth-order valence-corrected chi connectivity index (χ4v) is 3.75. The smallest absolute Gasteiger partial charge is 0.323 e. The van der Waals surface area contributed by atoms with Gasteiger partial charge in [0.05, 0.1) is 16.0 Å². The van der Waals surface area contributed by atoms with E-state index in [0.717, 1.165) is 0 Å². The number of anilines is 3. The van der Waals surface area contributed by atoms with Crippen molar-refractivity contribution in [1.82, 2.24) is 14.5 Å². The summed E-state index contributed by atoms with van der Waals surface area (Å²) in [5.74, 6) is -0.150. The summed E-state index contributed by atoms with van der Waals surface area (Å²) in [6.07, 6.45) is 3.06. The summed E-state index contributed by atoms with van der Waals surface area (Å²) in [7, 11) is 0. The van der Waals surface area contributed by atoms with Gasteiger partial charge in [-0.25, -0.2) is 14.8 Å². The number of carbonyl (C=O) groups excluding carboxylic acids is 2. The second kappa shape index (κ2) is 9.09. The Bertz CT molecular complexity index is 1370. The van der Waals surface area contributed by atoms with Crippen molar-refractivity contribution in [3.63, 3.8) is 0 Å². The number of nitrogens with zero attached hydrogens (tertiary/aromatic N) is 3. The molecule has 0 aliphatic carbocycles. The molecule has 0 bridgehead atoms. The van der Waals surface area contributed by atoms with Crippen LogP contribution in [0.2, 0.25) is 10.0 Å². The molecule has 0 fully saturated rings. The van der Waals surface area contributed by atoms with Gasteiger partial charge in [-0.1, -0.05) is 23.2 Å². The van der Waals surface area contributed by atoms with E-state index in [4.69, 9.17) is 28.9 Å². The molecule has 0 aliphatic heterocycles. The predicted octanol–water partition coefficient (Wildman–Crippen LogP) is 5.78. The summed E-state index contributed by atoms with van der Waals surface area (Å²) in [6.45, 7) is 3.95. The molecular formula is C23H20Cl2N6O2. The van der Waals surface area contributed by atoms with Gasteiger partial charge in [0.1, 0.15) is 17.8 Å². The van der Waals surface area contributed by atoms with Gasteiger partial charge in [-0.05, 0) is 56.3 Å². The molecule has 2 amide bonds. The molecule has 33 heavy (non-hydrogen) atoms. The van der Waals surface area contributed by atoms with Gasteiger partial charge in [-0.3, -0.25) is 4.79 Å². The Balaban J connectivity index is 1.65. The Kier molecular flexibility index (Phi) is 6.22. The lowest BCUT2D eigenvalue weighted by Gasteiger charge is -2.10. The number of hydrogen-bond donors (Lipinski definition) is 3. The summed E-state index contributed by atoms with van der Waals surface area (Å²) in [4.78, 5) is 34.2. The van der Waals surface area contributed by atoms with Gasteiger partial charge in [-0.2, -0.15) is 0 Å². The van der Waals surface area contributed by atoms with Crippen LogP contribution in [-0.2, 0) is 0 Å². The third kappa shape index (κ3) is 4.62. The van der Waals surface area contributed by atoms with Gasteiger partial charge < -0.3 is 20.9 Å². The van der Waals surface area contributed by atoms with E-state index in [2.05, 4.69) is 20.6 Å². The zero-order chi connectivity index (χ0) is 23.7. The maximum absolute atomic E-state index is 13.5. The van der Waals surface area contributed by atoms with E-state index in [1.165, 1.54) is 12.4 Å². The van der Waals surface area contributed by atoms with Gasteiger partial charge in [0.25, 0.3) is 0 Å². The molecule has 4 N–H and O–H groups in total. The minimum atomic E-state index is -0.480. The van der Waals surface area contributed by atoms with Crippen LogP contribution in [0.15, 0.2) is 55.0 Å². The highest BCUT2D eigenvalue weighted by atomic mass is 35.5. The number of rotatable bonds is 5. The van der Waals surface area contributed by atoms with E-state index in [-0.39, 0.29) is 28.2 Å². The van der Waals surface area contributed by atoms with Crippen LogP contribution in [0, 0.1) is 0 Å². The second-order valence-corrected chi connectivity index (χ2v) is 8.45. The molecule has 0 aliphatic rings. The number of carbonyl (C=O) groups is 2. The van der Waals surface area contributed by atoms with Crippen LogP contribution in [0.5, 0.6) is 0 Å². The predicted molar refractivity (Wildman–Crippen MR) is 131 cm³/mol. The van der Waals surface area contributed by atoms with Crippen LogP contribution < -0.4 is 16.4 Å². The number of hydrogen-bond acceptors (Lipinski definition) is 5. The minimum absolute atomic E-state index is 0.0448. The molecule has 2 heterocycles. The third-order valence-corrected chi connectivity index (χ3v) is 5.59. The van der Waals surface area contributed by atoms with E-state index in [1.807, 2.05) is 18.4 Å². The summed E-state index contributed by atoms with van der Waals surface area (Å²) < 4.78 is 1.86. The number of fused-ring (bicyclic) bond motifs is 1. The molecule has 0 saturated carbocycles. The Hall–Kier alpha value is -3.62. The number of nitrogens with one attached hydrogen (secondary N) is 2. The van der Waals surface area contributed by atoms with Crippen molar-refractivity contribution < 1.29 is 9.59 Å². The maximum Gasteiger partial charge on any atom is 0.323 e. The van der Waals surface area contributed by atoms with E-state index in [9.17, 15) is 9.59 Å². The van der Waals surface area contributed by atoms with Gasteiger partial charge >= 0.3 is 6.03 Å². The average Bonchev–Trinajstić information content (AvgIpc) is 3.17. The summed E-state index contributed by atoms with van der Waals surface area (Å²) in [5, 5.41) is 6.67. The molecule has 0 unspecified atom stereocenters. The zero-order valence-electron chi connectivity index (χ0n) is 17.8.